The molecule has 0 aliphatic rings. The fraction of sp³-hybridized carbons (Fsp3) is 0. The third-order valence-corrected chi connectivity index (χ3v) is 10.2. The van der Waals surface area contributed by atoms with Crippen LogP contribution in [0.2, 0.25) is 0 Å². The van der Waals surface area contributed by atoms with Crippen LogP contribution in [0.25, 0.3) is 76.4 Å². The maximum atomic E-state index is 12.0. The number of nitrogens with one attached hydrogen (secondary N) is 1. The molecule has 304 valence electrons. The lowest BCUT2D eigenvalue weighted by molar-refractivity contribution is 0.347. The Morgan fingerprint density at radius 2 is 0.373 bits per heavy atom. The summed E-state index contributed by atoms with van der Waals surface area (Å²) in [5, 5.41) is 233. The van der Waals surface area contributed by atoms with Crippen LogP contribution in [0.5, 0.6) is 126 Å². The fourth-order valence-electron chi connectivity index (χ4n) is 7.50. The topological polar surface area (TPSA) is 461 Å². The molecule has 8 rings (SSSR count). The third kappa shape index (κ3) is 4.02. The van der Waals surface area contributed by atoms with Crippen molar-refractivity contribution in [2.45, 2.75) is 0 Å². The van der Waals surface area contributed by atoms with E-state index in [0.29, 0.717) is 0 Å². The first-order valence-corrected chi connectivity index (χ1v) is 15.9. The number of aromatic nitrogens is 1. The average molecular weight is 822 g/mol. The number of phenols is 22. The van der Waals surface area contributed by atoms with Crippen LogP contribution in [0.3, 0.4) is 0 Å². The molecule has 23 N–H and O–H groups in total. The monoisotopic (exact) mass is 821 g/mol. The molecule has 0 saturated heterocycles. The molecule has 7 aromatic carbocycles. The van der Waals surface area contributed by atoms with Gasteiger partial charge in [0.05, 0.1) is 32.8 Å². The Balaban J connectivity index is 1.79. The molecule has 0 bridgehead atoms. The van der Waals surface area contributed by atoms with Crippen molar-refractivity contribution in [2.24, 2.45) is 0 Å². The second kappa shape index (κ2) is 11.2. The minimum Gasteiger partial charge on any atom is -0.506 e. The van der Waals surface area contributed by atoms with E-state index in [2.05, 4.69) is 4.98 Å². The molecule has 23 nitrogen and oxygen atoms in total. The van der Waals surface area contributed by atoms with Gasteiger partial charge in [0.25, 0.3) is 0 Å². The molecular weight excluding hydrogens is 798 g/mol. The van der Waals surface area contributed by atoms with Gasteiger partial charge in [-0.05, 0) is 0 Å². The number of benzene rings is 7. The molecule has 0 atom stereocenters. The molecule has 59 heavy (non-hydrogen) atoms. The molecule has 0 aliphatic carbocycles. The van der Waals surface area contributed by atoms with E-state index in [9.17, 15) is 112 Å². The van der Waals surface area contributed by atoms with E-state index in [-0.39, 0.29) is 0 Å². The molecule has 0 unspecified atom stereocenters. The highest BCUT2D eigenvalue weighted by Crippen LogP contribution is 2.68. The number of fused-ring (bicyclic) bond motifs is 6. The predicted molar refractivity (Wildman–Crippen MR) is 196 cm³/mol. The van der Waals surface area contributed by atoms with Crippen LogP contribution in [-0.2, 0) is 0 Å². The van der Waals surface area contributed by atoms with Gasteiger partial charge in [-0.2, -0.15) is 0 Å². The molecule has 0 radical (unpaired) electrons. The summed E-state index contributed by atoms with van der Waals surface area (Å²) >= 11 is 0. The van der Waals surface area contributed by atoms with Crippen molar-refractivity contribution in [3.8, 4) is 149 Å². The Hall–Kier alpha value is -9.28. The molecule has 0 saturated carbocycles. The highest BCUT2D eigenvalue weighted by atomic mass is 16.4. The molecule has 8 aromatic rings. The Morgan fingerprint density at radius 3 is 0.746 bits per heavy atom. The maximum Gasteiger partial charge on any atom is 0.206 e. The van der Waals surface area contributed by atoms with Crippen molar-refractivity contribution in [1.82, 2.24) is 4.98 Å². The highest BCUT2D eigenvalue weighted by Gasteiger charge is 2.39. The number of aromatic amines is 1. The number of rotatable bonds is 2. The number of hydrogen-bond acceptors (Lipinski definition) is 22. The summed E-state index contributed by atoms with van der Waals surface area (Å²) in [5.41, 5.74) is -6.67. The lowest BCUT2D eigenvalue weighted by Crippen LogP contribution is -1.97. The van der Waals surface area contributed by atoms with Crippen LogP contribution in [-0.4, -0.2) is 117 Å². The quantitative estimate of drug-likeness (QED) is 0.0672. The summed E-state index contributed by atoms with van der Waals surface area (Å²) in [4.78, 5) is 2.28. The normalized spacial score (nSPS) is 11.9. The van der Waals surface area contributed by atoms with Gasteiger partial charge in [0.1, 0.15) is 5.75 Å². The highest BCUT2D eigenvalue weighted by molar-refractivity contribution is 6.33. The Bertz CT molecular complexity index is 3260. The van der Waals surface area contributed by atoms with E-state index in [0.717, 1.165) is 0 Å². The van der Waals surface area contributed by atoms with Gasteiger partial charge >= 0.3 is 0 Å². The molecule has 0 spiro atoms. The van der Waals surface area contributed by atoms with E-state index in [1.165, 1.54) is 0 Å². The first-order chi connectivity index (χ1) is 27.5. The van der Waals surface area contributed by atoms with Gasteiger partial charge in [-0.25, -0.2) is 0 Å². The lowest BCUT2D eigenvalue weighted by atomic mass is 9.81. The molecule has 23 heteroatoms. The van der Waals surface area contributed by atoms with E-state index in [1.54, 1.807) is 0 Å². The number of H-pyrrole nitrogens is 1. The third-order valence-electron chi connectivity index (χ3n) is 10.2. The average Bonchev–Trinajstić information content (AvgIpc) is 3.62. The second-order valence-corrected chi connectivity index (χ2v) is 13.0. The minimum atomic E-state index is -1.67. The smallest absolute Gasteiger partial charge is 0.206 e. The summed E-state index contributed by atoms with van der Waals surface area (Å²) in [6, 6.07) is 0. The number of phenolic OH excluding ortho intramolecular Hbond substituents is 22. The SMILES string of the molecule is Oc1c(O)c(O)c2c([nH]c3c(O)c(O)c(-c4c5c(O)c(O)c(O)c(O)c5c(-c5c(O)c(O)c(O)c6c(O)c(O)c(O)c(O)c56)c5c(O)c(O)c(O)c(O)c45)c(O)c32)c1O. The van der Waals surface area contributed by atoms with E-state index in [4.69, 9.17) is 0 Å². The van der Waals surface area contributed by atoms with Crippen LogP contribution >= 0.6 is 0 Å². The molecule has 0 fully saturated rings. The summed E-state index contributed by atoms with van der Waals surface area (Å²) in [5.74, 6) is -33.9. The summed E-state index contributed by atoms with van der Waals surface area (Å²) in [6.07, 6.45) is 0. The first kappa shape index (κ1) is 36.7. The molecular formula is C36H23NO22. The number of aromatic hydroxyl groups is 22. The second-order valence-electron chi connectivity index (χ2n) is 13.0. The van der Waals surface area contributed by atoms with Crippen molar-refractivity contribution in [2.75, 3.05) is 0 Å². The standard InChI is InChI=1S/C36H23NO22/c38-15-9-10-14(27(50)36(59)34(57)22(10)45)37-13(9)26(49)23(46)11(15)2-6-3(17(40)29(52)31(54)19(6)42)1(4-7(2)20(43)32(55)30(53)18(4)41)5-8-12(24(47)28(51)16(5)39)25(48)35(58)33(56)21(8)44/h37-59H. The van der Waals surface area contributed by atoms with Gasteiger partial charge in [-0.3, -0.25) is 0 Å². The van der Waals surface area contributed by atoms with Crippen LogP contribution in [0.15, 0.2) is 0 Å². The lowest BCUT2D eigenvalue weighted by Gasteiger charge is -2.25. The van der Waals surface area contributed by atoms with Crippen LogP contribution in [0.4, 0.5) is 0 Å². The zero-order valence-corrected chi connectivity index (χ0v) is 28.3. The van der Waals surface area contributed by atoms with Crippen LogP contribution in [0.1, 0.15) is 0 Å². The van der Waals surface area contributed by atoms with Gasteiger partial charge in [-0.1, -0.05) is 0 Å². The summed E-state index contributed by atoms with van der Waals surface area (Å²) < 4.78 is 0. The van der Waals surface area contributed by atoms with Gasteiger partial charge in [0.15, 0.2) is 69.0 Å². The predicted octanol–water partition coefficient (Wildman–Crippen LogP) is 3.64. The van der Waals surface area contributed by atoms with Crippen LogP contribution in [0, 0.1) is 0 Å². The Morgan fingerprint density at radius 1 is 0.153 bits per heavy atom. The zero-order chi connectivity index (χ0) is 43.5. The molecule has 0 amide bonds. The van der Waals surface area contributed by atoms with Gasteiger partial charge < -0.3 is 117 Å². The van der Waals surface area contributed by atoms with Crippen LogP contribution < -0.4 is 0 Å². The van der Waals surface area contributed by atoms with E-state index in [1.807, 2.05) is 0 Å². The van der Waals surface area contributed by atoms with Gasteiger partial charge in [-0.15, -0.1) is 0 Å². The van der Waals surface area contributed by atoms with Crippen molar-refractivity contribution in [3.05, 3.63) is 0 Å². The Labute approximate surface area is 320 Å². The Kier molecular flexibility index (Phi) is 6.94. The van der Waals surface area contributed by atoms with Crippen molar-refractivity contribution in [1.29, 1.82) is 0 Å². The van der Waals surface area contributed by atoms with Gasteiger partial charge in [0, 0.05) is 43.6 Å². The zero-order valence-electron chi connectivity index (χ0n) is 28.3. The van der Waals surface area contributed by atoms with Crippen molar-refractivity contribution in [3.63, 3.8) is 0 Å². The molecule has 1 aromatic heterocycles. The van der Waals surface area contributed by atoms with E-state index >= 15 is 0 Å². The van der Waals surface area contributed by atoms with Crippen molar-refractivity contribution < 1.29 is 112 Å². The number of hydrogen-bond donors (Lipinski definition) is 23. The summed E-state index contributed by atoms with van der Waals surface area (Å²) in [6.45, 7) is 0. The van der Waals surface area contributed by atoms with E-state index < -0.39 is 203 Å². The summed E-state index contributed by atoms with van der Waals surface area (Å²) in [7, 11) is 0. The minimum absolute atomic E-state index is 0.724. The first-order valence-electron chi connectivity index (χ1n) is 15.9. The van der Waals surface area contributed by atoms with Gasteiger partial charge in [0.2, 0.25) is 51.7 Å². The molecule has 0 aliphatic heterocycles. The largest absolute Gasteiger partial charge is 0.506 e. The maximum absolute atomic E-state index is 12.0. The van der Waals surface area contributed by atoms with Crippen molar-refractivity contribution >= 4 is 54.1 Å². The fourth-order valence-corrected chi connectivity index (χ4v) is 7.50. The molecule has 1 heterocycles.